The Morgan fingerprint density at radius 3 is 2.62 bits per heavy atom. The van der Waals surface area contributed by atoms with Crippen molar-refractivity contribution in [3.8, 4) is 11.1 Å². The lowest BCUT2D eigenvalue weighted by atomic mass is 9.94. The third kappa shape index (κ3) is 2.12. The summed E-state index contributed by atoms with van der Waals surface area (Å²) in [6.07, 6.45) is 3.91. The summed E-state index contributed by atoms with van der Waals surface area (Å²) in [6, 6.07) is 6.03. The van der Waals surface area contributed by atoms with Crippen LogP contribution in [0.25, 0.3) is 11.1 Å². The molecule has 16 heavy (non-hydrogen) atoms. The number of hydrogen-bond donors (Lipinski definition) is 0. The van der Waals surface area contributed by atoms with Gasteiger partial charge < -0.3 is 0 Å². The van der Waals surface area contributed by atoms with E-state index in [1.54, 1.807) is 0 Å². The molecule has 2 aromatic rings. The highest BCUT2D eigenvalue weighted by molar-refractivity contribution is 6.30. The average molecular weight is 235 g/mol. The molecular formula is C13H15ClN2. The fraction of sp³-hybridized carbons (Fsp3) is 0.308. The van der Waals surface area contributed by atoms with Gasteiger partial charge in [-0.05, 0) is 29.2 Å². The summed E-state index contributed by atoms with van der Waals surface area (Å²) < 4.78 is 1.81. The minimum absolute atomic E-state index is 0.453. The van der Waals surface area contributed by atoms with Gasteiger partial charge in [-0.3, -0.25) is 4.68 Å². The standard InChI is InChI=1S/C13H15ClN2/c1-9(2)13-6-11(14)4-5-12(13)10-7-15-16(3)8-10/h4-9H,1-3H3. The third-order valence-corrected chi connectivity index (χ3v) is 2.89. The fourth-order valence-corrected chi connectivity index (χ4v) is 2.01. The average Bonchev–Trinajstić information content (AvgIpc) is 2.64. The van der Waals surface area contributed by atoms with Gasteiger partial charge in [0.25, 0.3) is 0 Å². The molecule has 0 radical (unpaired) electrons. The Morgan fingerprint density at radius 2 is 2.06 bits per heavy atom. The Hall–Kier alpha value is -1.28. The van der Waals surface area contributed by atoms with E-state index in [0.29, 0.717) is 5.92 Å². The van der Waals surface area contributed by atoms with Crippen LogP contribution in [-0.2, 0) is 7.05 Å². The minimum atomic E-state index is 0.453. The molecule has 0 amide bonds. The van der Waals surface area contributed by atoms with Crippen molar-refractivity contribution in [1.82, 2.24) is 9.78 Å². The second kappa shape index (κ2) is 4.30. The molecule has 84 valence electrons. The van der Waals surface area contributed by atoms with Gasteiger partial charge in [0.2, 0.25) is 0 Å². The van der Waals surface area contributed by atoms with Crippen LogP contribution in [0.2, 0.25) is 5.02 Å². The van der Waals surface area contributed by atoms with Crippen molar-refractivity contribution >= 4 is 11.6 Å². The Balaban J connectivity index is 2.56. The summed E-state index contributed by atoms with van der Waals surface area (Å²) >= 11 is 6.03. The van der Waals surface area contributed by atoms with E-state index in [0.717, 1.165) is 10.6 Å². The first-order valence-corrected chi connectivity index (χ1v) is 5.74. The number of rotatable bonds is 2. The van der Waals surface area contributed by atoms with Crippen LogP contribution in [0, 0.1) is 0 Å². The number of nitrogens with zero attached hydrogens (tertiary/aromatic N) is 2. The van der Waals surface area contributed by atoms with E-state index in [9.17, 15) is 0 Å². The van der Waals surface area contributed by atoms with Crippen molar-refractivity contribution in [2.24, 2.45) is 7.05 Å². The molecule has 0 fully saturated rings. The van der Waals surface area contributed by atoms with Crippen LogP contribution in [0.5, 0.6) is 0 Å². The van der Waals surface area contributed by atoms with E-state index in [4.69, 9.17) is 11.6 Å². The molecule has 0 saturated carbocycles. The molecule has 0 N–H and O–H groups in total. The maximum Gasteiger partial charge on any atom is 0.0568 e. The minimum Gasteiger partial charge on any atom is -0.275 e. The van der Waals surface area contributed by atoms with E-state index >= 15 is 0 Å². The van der Waals surface area contributed by atoms with Crippen molar-refractivity contribution in [3.63, 3.8) is 0 Å². The molecule has 1 aromatic carbocycles. The molecule has 1 heterocycles. The van der Waals surface area contributed by atoms with Crippen LogP contribution in [0.4, 0.5) is 0 Å². The van der Waals surface area contributed by atoms with Crippen LogP contribution in [0.15, 0.2) is 30.6 Å². The lowest BCUT2D eigenvalue weighted by Gasteiger charge is -2.11. The monoisotopic (exact) mass is 234 g/mol. The molecule has 0 spiro atoms. The number of aromatic nitrogens is 2. The first-order chi connectivity index (χ1) is 7.58. The molecule has 0 unspecified atom stereocenters. The highest BCUT2D eigenvalue weighted by atomic mass is 35.5. The lowest BCUT2D eigenvalue weighted by Crippen LogP contribution is -1.91. The van der Waals surface area contributed by atoms with Crippen LogP contribution < -0.4 is 0 Å². The first kappa shape index (κ1) is 11.2. The number of hydrogen-bond acceptors (Lipinski definition) is 1. The van der Waals surface area contributed by atoms with E-state index in [-0.39, 0.29) is 0 Å². The van der Waals surface area contributed by atoms with Gasteiger partial charge in [-0.15, -0.1) is 0 Å². The van der Waals surface area contributed by atoms with Gasteiger partial charge in [-0.1, -0.05) is 31.5 Å². The molecule has 0 saturated heterocycles. The Morgan fingerprint density at radius 1 is 1.31 bits per heavy atom. The lowest BCUT2D eigenvalue weighted by molar-refractivity contribution is 0.768. The predicted molar refractivity (Wildman–Crippen MR) is 67.7 cm³/mol. The van der Waals surface area contributed by atoms with Crippen molar-refractivity contribution < 1.29 is 0 Å². The highest BCUT2D eigenvalue weighted by Gasteiger charge is 2.10. The summed E-state index contributed by atoms with van der Waals surface area (Å²) in [5, 5.41) is 4.99. The first-order valence-electron chi connectivity index (χ1n) is 5.36. The van der Waals surface area contributed by atoms with Gasteiger partial charge in [0.15, 0.2) is 0 Å². The van der Waals surface area contributed by atoms with Crippen molar-refractivity contribution in [1.29, 1.82) is 0 Å². The van der Waals surface area contributed by atoms with Crippen molar-refractivity contribution in [3.05, 3.63) is 41.2 Å². The zero-order valence-electron chi connectivity index (χ0n) is 9.74. The van der Waals surface area contributed by atoms with Crippen LogP contribution in [-0.4, -0.2) is 9.78 Å². The molecule has 0 aliphatic rings. The quantitative estimate of drug-likeness (QED) is 0.772. The van der Waals surface area contributed by atoms with Crippen LogP contribution in [0.3, 0.4) is 0 Å². The fourth-order valence-electron chi connectivity index (χ4n) is 1.83. The van der Waals surface area contributed by atoms with Gasteiger partial charge in [0.1, 0.15) is 0 Å². The van der Waals surface area contributed by atoms with Gasteiger partial charge in [-0.25, -0.2) is 0 Å². The van der Waals surface area contributed by atoms with E-state index in [1.807, 2.05) is 36.3 Å². The molecule has 2 rings (SSSR count). The number of aryl methyl sites for hydroxylation is 1. The Kier molecular flexibility index (Phi) is 3.01. The second-order valence-corrected chi connectivity index (χ2v) is 4.73. The maximum atomic E-state index is 6.03. The van der Waals surface area contributed by atoms with Gasteiger partial charge in [-0.2, -0.15) is 5.10 Å². The molecule has 0 atom stereocenters. The smallest absolute Gasteiger partial charge is 0.0568 e. The van der Waals surface area contributed by atoms with Gasteiger partial charge >= 0.3 is 0 Å². The zero-order valence-corrected chi connectivity index (χ0v) is 10.5. The summed E-state index contributed by atoms with van der Waals surface area (Å²) in [5.74, 6) is 0.453. The normalized spacial score (nSPS) is 11.1. The third-order valence-electron chi connectivity index (χ3n) is 2.65. The predicted octanol–water partition coefficient (Wildman–Crippen LogP) is 3.86. The van der Waals surface area contributed by atoms with E-state index in [2.05, 4.69) is 25.0 Å². The van der Waals surface area contributed by atoms with E-state index < -0.39 is 0 Å². The largest absolute Gasteiger partial charge is 0.275 e. The van der Waals surface area contributed by atoms with Crippen LogP contribution in [0.1, 0.15) is 25.3 Å². The van der Waals surface area contributed by atoms with Gasteiger partial charge in [0, 0.05) is 23.8 Å². The molecule has 1 aromatic heterocycles. The molecular weight excluding hydrogens is 220 g/mol. The summed E-state index contributed by atoms with van der Waals surface area (Å²) in [5.41, 5.74) is 3.62. The molecule has 3 heteroatoms. The summed E-state index contributed by atoms with van der Waals surface area (Å²) in [6.45, 7) is 4.34. The molecule has 0 bridgehead atoms. The Bertz CT molecular complexity index is 500. The highest BCUT2D eigenvalue weighted by Crippen LogP contribution is 2.31. The molecule has 2 nitrogen and oxygen atoms in total. The second-order valence-electron chi connectivity index (χ2n) is 4.29. The Labute approximate surface area is 101 Å². The SMILES string of the molecule is CC(C)c1cc(Cl)ccc1-c1cnn(C)c1. The zero-order chi connectivity index (χ0) is 11.7. The van der Waals surface area contributed by atoms with Crippen LogP contribution >= 0.6 is 11.6 Å². The summed E-state index contributed by atoms with van der Waals surface area (Å²) in [7, 11) is 1.93. The summed E-state index contributed by atoms with van der Waals surface area (Å²) in [4.78, 5) is 0. The number of halogens is 1. The topological polar surface area (TPSA) is 17.8 Å². The van der Waals surface area contributed by atoms with Gasteiger partial charge in [0.05, 0.1) is 6.20 Å². The molecule has 0 aliphatic carbocycles. The van der Waals surface area contributed by atoms with Crippen molar-refractivity contribution in [2.45, 2.75) is 19.8 Å². The van der Waals surface area contributed by atoms with E-state index in [1.165, 1.54) is 11.1 Å². The number of benzene rings is 1. The molecule has 0 aliphatic heterocycles. The maximum absolute atomic E-state index is 6.03. The van der Waals surface area contributed by atoms with Crippen molar-refractivity contribution in [2.75, 3.05) is 0 Å².